The number of esters is 1. The highest BCUT2D eigenvalue weighted by atomic mass is 16.5. The van der Waals surface area contributed by atoms with Crippen LogP contribution in [0.15, 0.2) is 54.6 Å². The first-order valence-corrected chi connectivity index (χ1v) is 8.77. The van der Waals surface area contributed by atoms with Crippen LogP contribution in [0.1, 0.15) is 36.5 Å². The van der Waals surface area contributed by atoms with Crippen molar-refractivity contribution in [2.75, 3.05) is 13.2 Å². The lowest BCUT2D eigenvalue weighted by atomic mass is 10.0. The molecule has 0 saturated carbocycles. The Morgan fingerprint density at radius 2 is 1.68 bits per heavy atom. The molecule has 0 bridgehead atoms. The van der Waals surface area contributed by atoms with Gasteiger partial charge in [-0.2, -0.15) is 0 Å². The molecule has 3 rings (SSSR count). The Hall–Kier alpha value is -2.62. The highest BCUT2D eigenvalue weighted by Crippen LogP contribution is 2.20. The van der Waals surface area contributed by atoms with E-state index in [0.717, 1.165) is 36.9 Å². The van der Waals surface area contributed by atoms with Crippen molar-refractivity contribution in [2.24, 2.45) is 0 Å². The number of rotatable bonds is 4. The normalized spacial score (nSPS) is 17.2. The maximum Gasteiger partial charge on any atom is 0.338 e. The van der Waals surface area contributed by atoms with Crippen LogP contribution in [0.25, 0.3) is 11.1 Å². The quantitative estimate of drug-likeness (QED) is 0.795. The summed E-state index contributed by atoms with van der Waals surface area (Å²) in [5, 5.41) is 0. The smallest absolute Gasteiger partial charge is 0.338 e. The molecule has 25 heavy (non-hydrogen) atoms. The molecule has 2 aromatic carbocycles. The molecule has 1 fully saturated rings. The summed E-state index contributed by atoms with van der Waals surface area (Å²) in [6.07, 6.45) is 3.18. The molecule has 4 heteroatoms. The van der Waals surface area contributed by atoms with Gasteiger partial charge in [-0.25, -0.2) is 4.79 Å². The fourth-order valence-electron chi connectivity index (χ4n) is 3.19. The molecular formula is C21H23NO3. The molecule has 1 saturated heterocycles. The van der Waals surface area contributed by atoms with Crippen molar-refractivity contribution in [1.82, 2.24) is 4.90 Å². The minimum atomic E-state index is -0.461. The number of amides is 1. The van der Waals surface area contributed by atoms with Crippen LogP contribution in [0, 0.1) is 0 Å². The molecular weight excluding hydrogens is 314 g/mol. The molecule has 4 nitrogen and oxygen atoms in total. The van der Waals surface area contributed by atoms with E-state index in [4.69, 9.17) is 4.74 Å². The lowest BCUT2D eigenvalue weighted by molar-refractivity contribution is -0.137. The summed E-state index contributed by atoms with van der Waals surface area (Å²) in [5.74, 6) is -0.570. The minimum absolute atomic E-state index is 0.110. The lowest BCUT2D eigenvalue weighted by Crippen LogP contribution is -2.44. The van der Waals surface area contributed by atoms with Crippen molar-refractivity contribution >= 4 is 11.9 Å². The van der Waals surface area contributed by atoms with Crippen LogP contribution in [0.3, 0.4) is 0 Å². The monoisotopic (exact) mass is 337 g/mol. The van der Waals surface area contributed by atoms with Gasteiger partial charge in [0, 0.05) is 12.6 Å². The van der Waals surface area contributed by atoms with Crippen LogP contribution >= 0.6 is 0 Å². The van der Waals surface area contributed by atoms with Gasteiger partial charge < -0.3 is 9.64 Å². The number of hydrogen-bond acceptors (Lipinski definition) is 3. The molecule has 0 spiro atoms. The molecule has 1 heterocycles. The van der Waals surface area contributed by atoms with Crippen molar-refractivity contribution in [2.45, 2.75) is 32.2 Å². The van der Waals surface area contributed by atoms with E-state index in [1.807, 2.05) is 54.3 Å². The second-order valence-corrected chi connectivity index (χ2v) is 6.45. The predicted octanol–water partition coefficient (Wildman–Crippen LogP) is 3.91. The molecule has 0 radical (unpaired) electrons. The second-order valence-electron chi connectivity index (χ2n) is 6.45. The van der Waals surface area contributed by atoms with Gasteiger partial charge in [-0.05, 0) is 49.4 Å². The van der Waals surface area contributed by atoms with Crippen molar-refractivity contribution in [3.63, 3.8) is 0 Å². The van der Waals surface area contributed by atoms with Gasteiger partial charge in [-0.3, -0.25) is 4.79 Å². The Kier molecular flexibility index (Phi) is 5.49. The Bertz CT molecular complexity index is 725. The van der Waals surface area contributed by atoms with Gasteiger partial charge in [0.1, 0.15) is 0 Å². The highest BCUT2D eigenvalue weighted by Gasteiger charge is 2.24. The standard InChI is InChI=1S/C21H23NO3/c1-16-7-5-6-14-22(16)20(23)15-25-21(24)19-12-10-18(11-13-19)17-8-3-2-4-9-17/h2-4,8-13,16H,5-7,14-15H2,1H3/t16-/m0/s1. The van der Waals surface area contributed by atoms with Gasteiger partial charge in [-0.15, -0.1) is 0 Å². The average molecular weight is 337 g/mol. The first kappa shape index (κ1) is 17.2. The second kappa shape index (κ2) is 7.97. The number of carbonyl (C=O) groups is 2. The van der Waals surface area contributed by atoms with E-state index in [9.17, 15) is 9.59 Å². The van der Waals surface area contributed by atoms with Gasteiger partial charge >= 0.3 is 5.97 Å². The van der Waals surface area contributed by atoms with Gasteiger partial charge in [0.2, 0.25) is 0 Å². The summed E-state index contributed by atoms with van der Waals surface area (Å²) in [4.78, 5) is 26.2. The van der Waals surface area contributed by atoms with Crippen LogP contribution in [0.2, 0.25) is 0 Å². The van der Waals surface area contributed by atoms with E-state index in [0.29, 0.717) is 5.56 Å². The van der Waals surface area contributed by atoms with Gasteiger partial charge in [0.15, 0.2) is 6.61 Å². The summed E-state index contributed by atoms with van der Waals surface area (Å²) in [5.41, 5.74) is 2.59. The topological polar surface area (TPSA) is 46.6 Å². The number of piperidine rings is 1. The van der Waals surface area contributed by atoms with Crippen LogP contribution in [0.5, 0.6) is 0 Å². The van der Waals surface area contributed by atoms with E-state index in [1.165, 1.54) is 0 Å². The van der Waals surface area contributed by atoms with E-state index < -0.39 is 5.97 Å². The zero-order chi connectivity index (χ0) is 17.6. The summed E-state index contributed by atoms with van der Waals surface area (Å²) < 4.78 is 5.21. The molecule has 0 aromatic heterocycles. The van der Waals surface area contributed by atoms with Crippen molar-refractivity contribution < 1.29 is 14.3 Å². The number of benzene rings is 2. The van der Waals surface area contributed by atoms with E-state index in [-0.39, 0.29) is 18.6 Å². The van der Waals surface area contributed by atoms with Gasteiger partial charge in [-0.1, -0.05) is 42.5 Å². The minimum Gasteiger partial charge on any atom is -0.452 e. The third-order valence-electron chi connectivity index (χ3n) is 4.68. The Balaban J connectivity index is 1.57. The fourth-order valence-corrected chi connectivity index (χ4v) is 3.19. The number of nitrogens with zero attached hydrogens (tertiary/aromatic N) is 1. The maximum atomic E-state index is 12.2. The van der Waals surface area contributed by atoms with Crippen molar-refractivity contribution in [1.29, 1.82) is 0 Å². The Morgan fingerprint density at radius 3 is 2.36 bits per heavy atom. The average Bonchev–Trinajstić information content (AvgIpc) is 2.67. The molecule has 1 amide bonds. The van der Waals surface area contributed by atoms with Crippen LogP contribution in [0.4, 0.5) is 0 Å². The van der Waals surface area contributed by atoms with Crippen molar-refractivity contribution in [3.05, 3.63) is 60.2 Å². The summed E-state index contributed by atoms with van der Waals surface area (Å²) in [6, 6.07) is 17.4. The predicted molar refractivity (Wildman–Crippen MR) is 97.2 cm³/mol. The molecule has 1 aliphatic rings. The van der Waals surface area contributed by atoms with Gasteiger partial charge in [0.25, 0.3) is 5.91 Å². The van der Waals surface area contributed by atoms with E-state index >= 15 is 0 Å². The van der Waals surface area contributed by atoms with Crippen LogP contribution in [-0.4, -0.2) is 36.0 Å². The van der Waals surface area contributed by atoms with E-state index in [2.05, 4.69) is 0 Å². The summed E-state index contributed by atoms with van der Waals surface area (Å²) >= 11 is 0. The molecule has 0 aliphatic carbocycles. The number of ether oxygens (including phenoxy) is 1. The van der Waals surface area contributed by atoms with Crippen LogP contribution < -0.4 is 0 Å². The Labute approximate surface area is 148 Å². The van der Waals surface area contributed by atoms with E-state index in [1.54, 1.807) is 12.1 Å². The lowest BCUT2D eigenvalue weighted by Gasteiger charge is -2.33. The summed E-state index contributed by atoms with van der Waals surface area (Å²) in [6.45, 7) is 2.61. The molecule has 1 aliphatic heterocycles. The molecule has 0 unspecified atom stereocenters. The number of hydrogen-bond donors (Lipinski definition) is 0. The zero-order valence-corrected chi connectivity index (χ0v) is 14.5. The number of likely N-dealkylation sites (tertiary alicyclic amines) is 1. The Morgan fingerprint density at radius 1 is 1.00 bits per heavy atom. The largest absolute Gasteiger partial charge is 0.452 e. The number of carbonyl (C=O) groups excluding carboxylic acids is 2. The van der Waals surface area contributed by atoms with Crippen LogP contribution in [-0.2, 0) is 9.53 Å². The third-order valence-corrected chi connectivity index (χ3v) is 4.68. The molecule has 1 atom stereocenters. The maximum absolute atomic E-state index is 12.2. The molecule has 130 valence electrons. The highest BCUT2D eigenvalue weighted by molar-refractivity contribution is 5.92. The SMILES string of the molecule is C[C@H]1CCCCN1C(=O)COC(=O)c1ccc(-c2ccccc2)cc1. The van der Waals surface area contributed by atoms with Crippen molar-refractivity contribution in [3.8, 4) is 11.1 Å². The summed E-state index contributed by atoms with van der Waals surface area (Å²) in [7, 11) is 0. The third kappa shape index (κ3) is 4.27. The van der Waals surface area contributed by atoms with Gasteiger partial charge in [0.05, 0.1) is 5.56 Å². The first-order valence-electron chi connectivity index (χ1n) is 8.77. The molecule has 2 aromatic rings. The zero-order valence-electron chi connectivity index (χ0n) is 14.5. The first-order chi connectivity index (χ1) is 12.1. The fraction of sp³-hybridized carbons (Fsp3) is 0.333. The molecule has 0 N–H and O–H groups in total.